The van der Waals surface area contributed by atoms with Gasteiger partial charge in [0.1, 0.15) is 0 Å². The van der Waals surface area contributed by atoms with E-state index in [0.29, 0.717) is 13.1 Å². The number of nitrogens with zero attached hydrogens (tertiary/aromatic N) is 6. The number of fused-ring (bicyclic) bond motifs is 2. The Labute approximate surface area is 229 Å². The standard InChI is InChI=1S/C33H32N6/c1-4-25(2)38(3)23-10-6-7-12-26-16-18-29-27(15-11-22-34-31(29)24-26)17-20-32-35-36-33-21-19-30(37-39(32)33)28-13-8-5-9-14-28/h4-5,8-9,11,13-16,18-19,21,24H,1-2,7,12,17,20,22-23H2,3H3. The molecule has 0 amide bonds. The maximum Gasteiger partial charge on any atom is 0.177 e. The maximum atomic E-state index is 4.83. The van der Waals surface area contributed by atoms with E-state index in [4.69, 9.17) is 10.1 Å². The van der Waals surface area contributed by atoms with Crippen LogP contribution in [0.1, 0.15) is 24.2 Å². The van der Waals surface area contributed by atoms with Crippen molar-refractivity contribution in [2.75, 3.05) is 20.1 Å². The number of aryl methyl sites for hydroxylation is 2. The van der Waals surface area contributed by atoms with E-state index in [-0.39, 0.29) is 0 Å². The lowest BCUT2D eigenvalue weighted by Crippen LogP contribution is -2.27. The van der Waals surface area contributed by atoms with Gasteiger partial charge in [-0.15, -0.1) is 16.1 Å². The Bertz CT molecular complexity index is 1720. The van der Waals surface area contributed by atoms with E-state index < -0.39 is 0 Å². The number of likely N-dealkylation sites (N-methyl/N-ethyl adjacent to an activating group) is 1. The molecule has 0 fully saturated rings. The summed E-state index contributed by atoms with van der Waals surface area (Å²) in [4.78, 5) is 6.81. The van der Waals surface area contributed by atoms with Crippen LogP contribution in [0.3, 0.4) is 0 Å². The van der Waals surface area contributed by atoms with Gasteiger partial charge in [0.05, 0.1) is 24.1 Å². The van der Waals surface area contributed by atoms with Crippen LogP contribution in [0.5, 0.6) is 0 Å². The van der Waals surface area contributed by atoms with Gasteiger partial charge in [-0.05, 0) is 48.3 Å². The predicted octanol–water partition coefficient (Wildman–Crippen LogP) is 4.33. The van der Waals surface area contributed by atoms with Crippen molar-refractivity contribution in [3.63, 3.8) is 0 Å². The zero-order valence-electron chi connectivity index (χ0n) is 22.3. The van der Waals surface area contributed by atoms with Crippen molar-refractivity contribution in [3.05, 3.63) is 120 Å². The second-order valence-electron chi connectivity index (χ2n) is 9.50. The molecule has 6 nitrogen and oxygen atoms in total. The zero-order valence-corrected chi connectivity index (χ0v) is 22.3. The summed E-state index contributed by atoms with van der Waals surface area (Å²) in [5.41, 5.74) is 6.11. The second kappa shape index (κ2) is 12.2. The minimum absolute atomic E-state index is 0.652. The van der Waals surface area contributed by atoms with Gasteiger partial charge >= 0.3 is 0 Å². The number of aromatic nitrogens is 4. The highest BCUT2D eigenvalue weighted by Gasteiger charge is 2.10. The molecule has 0 saturated carbocycles. The van der Waals surface area contributed by atoms with Crippen LogP contribution in [-0.2, 0) is 12.8 Å². The summed E-state index contributed by atoms with van der Waals surface area (Å²) in [5, 5.41) is 15.8. The Hall–Kier alpha value is -4.76. The lowest BCUT2D eigenvalue weighted by molar-refractivity contribution is 0.489. The van der Waals surface area contributed by atoms with E-state index >= 15 is 0 Å². The second-order valence-corrected chi connectivity index (χ2v) is 9.50. The molecule has 0 aliphatic carbocycles. The van der Waals surface area contributed by atoms with Crippen LogP contribution in [0.4, 0.5) is 0 Å². The number of allylic oxidation sites excluding steroid dienone is 2. The van der Waals surface area contributed by atoms with Crippen molar-refractivity contribution in [2.45, 2.75) is 25.7 Å². The van der Waals surface area contributed by atoms with Gasteiger partial charge in [0.25, 0.3) is 0 Å². The highest BCUT2D eigenvalue weighted by Crippen LogP contribution is 2.18. The molecule has 2 aromatic heterocycles. The molecule has 6 heteroatoms. The van der Waals surface area contributed by atoms with Crippen molar-refractivity contribution in [3.8, 4) is 23.1 Å². The van der Waals surface area contributed by atoms with Gasteiger partial charge in [-0.1, -0.05) is 73.7 Å². The van der Waals surface area contributed by atoms with Crippen LogP contribution < -0.4 is 10.6 Å². The van der Waals surface area contributed by atoms with Crippen molar-refractivity contribution in [1.29, 1.82) is 0 Å². The molecule has 1 aliphatic heterocycles. The highest BCUT2D eigenvalue weighted by molar-refractivity contribution is 5.60. The lowest BCUT2D eigenvalue weighted by Gasteiger charge is -2.14. The predicted molar refractivity (Wildman–Crippen MR) is 157 cm³/mol. The summed E-state index contributed by atoms with van der Waals surface area (Å²) in [7, 11) is 1.97. The summed E-state index contributed by atoms with van der Waals surface area (Å²) >= 11 is 0. The molecule has 3 heterocycles. The molecule has 0 atom stereocenters. The first-order chi connectivity index (χ1) is 19.1. The normalized spacial score (nSPS) is 12.2. The van der Waals surface area contributed by atoms with E-state index in [1.807, 2.05) is 46.8 Å². The average Bonchev–Trinajstić information content (AvgIpc) is 3.27. The molecular weight excluding hydrogens is 480 g/mol. The minimum Gasteiger partial charge on any atom is -0.364 e. The van der Waals surface area contributed by atoms with E-state index in [1.54, 1.807) is 6.08 Å². The Morgan fingerprint density at radius 3 is 2.74 bits per heavy atom. The van der Waals surface area contributed by atoms with Crippen LogP contribution in [-0.4, -0.2) is 44.8 Å². The number of hydrogen-bond acceptors (Lipinski definition) is 5. The minimum atomic E-state index is 0.652. The van der Waals surface area contributed by atoms with Crippen molar-refractivity contribution in [1.82, 2.24) is 24.7 Å². The molecule has 0 unspecified atom stereocenters. The van der Waals surface area contributed by atoms with Crippen molar-refractivity contribution in [2.24, 2.45) is 4.99 Å². The first kappa shape index (κ1) is 25.9. The SMILES string of the molecule is C=CC(=C)N(C)CC#CCCc1ccc2c(c1)=NCC=CC=2CCc1nnc2ccc(-c3ccccc3)nn12. The zero-order chi connectivity index (χ0) is 27.0. The lowest BCUT2D eigenvalue weighted by atomic mass is 10.0. The Morgan fingerprint density at radius 2 is 1.90 bits per heavy atom. The quantitative estimate of drug-likeness (QED) is 0.247. The van der Waals surface area contributed by atoms with E-state index in [0.717, 1.165) is 59.5 Å². The molecule has 0 N–H and O–H groups in total. The van der Waals surface area contributed by atoms with Crippen LogP contribution in [0.25, 0.3) is 22.5 Å². The van der Waals surface area contributed by atoms with Gasteiger partial charge in [-0.3, -0.25) is 4.99 Å². The fourth-order valence-corrected chi connectivity index (χ4v) is 4.51. The van der Waals surface area contributed by atoms with Gasteiger partial charge in [0.15, 0.2) is 11.5 Å². The van der Waals surface area contributed by atoms with Crippen LogP contribution >= 0.6 is 0 Å². The van der Waals surface area contributed by atoms with Crippen LogP contribution in [0, 0.1) is 11.8 Å². The summed E-state index contributed by atoms with van der Waals surface area (Å²) in [6.45, 7) is 9.02. The monoisotopic (exact) mass is 512 g/mol. The third kappa shape index (κ3) is 6.22. The third-order valence-corrected chi connectivity index (χ3v) is 6.81. The number of rotatable bonds is 9. The highest BCUT2D eigenvalue weighted by atomic mass is 15.4. The molecule has 4 aromatic rings. The fraction of sp³-hybridized carbons (Fsp3) is 0.212. The van der Waals surface area contributed by atoms with E-state index in [1.165, 1.54) is 16.4 Å². The smallest absolute Gasteiger partial charge is 0.177 e. The molecule has 194 valence electrons. The van der Waals surface area contributed by atoms with E-state index in [9.17, 15) is 0 Å². The first-order valence-corrected chi connectivity index (χ1v) is 13.2. The van der Waals surface area contributed by atoms with Crippen molar-refractivity contribution < 1.29 is 0 Å². The fourth-order valence-electron chi connectivity index (χ4n) is 4.51. The largest absolute Gasteiger partial charge is 0.364 e. The summed E-state index contributed by atoms with van der Waals surface area (Å²) in [6, 6.07) is 20.7. The summed E-state index contributed by atoms with van der Waals surface area (Å²) < 4.78 is 1.86. The van der Waals surface area contributed by atoms with Crippen molar-refractivity contribution >= 4 is 11.2 Å². The Balaban J connectivity index is 1.31. The molecule has 0 spiro atoms. The van der Waals surface area contributed by atoms with Gasteiger partial charge in [-0.25, -0.2) is 0 Å². The van der Waals surface area contributed by atoms with Gasteiger partial charge < -0.3 is 4.90 Å². The first-order valence-electron chi connectivity index (χ1n) is 13.2. The molecule has 0 bridgehead atoms. The molecular formula is C33H32N6. The third-order valence-electron chi connectivity index (χ3n) is 6.81. The maximum absolute atomic E-state index is 4.83. The topological polar surface area (TPSA) is 58.7 Å². The average molecular weight is 513 g/mol. The molecule has 5 rings (SSSR count). The van der Waals surface area contributed by atoms with Gasteiger partial charge in [0, 0.05) is 36.4 Å². The summed E-state index contributed by atoms with van der Waals surface area (Å²) in [6.07, 6.45) is 9.32. The van der Waals surface area contributed by atoms with Crippen LogP contribution in [0.2, 0.25) is 0 Å². The summed E-state index contributed by atoms with van der Waals surface area (Å²) in [5.74, 6) is 7.34. The number of hydrogen-bond donors (Lipinski definition) is 0. The molecule has 0 saturated heterocycles. The Morgan fingerprint density at radius 1 is 1.03 bits per heavy atom. The van der Waals surface area contributed by atoms with Gasteiger partial charge in [-0.2, -0.15) is 9.61 Å². The van der Waals surface area contributed by atoms with Crippen LogP contribution in [0.15, 0.2) is 103 Å². The Kier molecular flexibility index (Phi) is 8.09. The molecule has 0 radical (unpaired) electrons. The van der Waals surface area contributed by atoms with Gasteiger partial charge in [0.2, 0.25) is 0 Å². The number of benzene rings is 2. The molecule has 1 aliphatic rings. The molecule has 2 aromatic carbocycles. The molecule has 39 heavy (non-hydrogen) atoms. The van der Waals surface area contributed by atoms with E-state index in [2.05, 4.69) is 77.7 Å².